The summed E-state index contributed by atoms with van der Waals surface area (Å²) in [4.78, 5) is 0. The first-order valence-corrected chi connectivity index (χ1v) is 7.31. The number of hydrogen-bond donors (Lipinski definition) is 0. The third-order valence-corrected chi connectivity index (χ3v) is 4.80. The van der Waals surface area contributed by atoms with Gasteiger partial charge >= 0.3 is 0 Å². The van der Waals surface area contributed by atoms with Gasteiger partial charge in [0.15, 0.2) is 5.52 Å². The molecule has 0 N–H and O–H groups in total. The quantitative estimate of drug-likeness (QED) is 0.385. The number of aryl methyl sites for hydroxylation is 2. The van der Waals surface area contributed by atoms with Crippen LogP contribution in [0, 0.1) is 0 Å². The molecule has 4 aromatic rings. The van der Waals surface area contributed by atoms with Crippen LogP contribution < -0.4 is 4.57 Å². The summed E-state index contributed by atoms with van der Waals surface area (Å²) < 4.78 is 7.10. The minimum Gasteiger partial charge on any atom is -0.259 e. The van der Waals surface area contributed by atoms with Crippen LogP contribution in [0.5, 0.6) is 0 Å². The topological polar surface area (TPSA) is 13.7 Å². The van der Waals surface area contributed by atoms with Gasteiger partial charge in [-0.2, -0.15) is 0 Å². The van der Waals surface area contributed by atoms with Crippen molar-refractivity contribution in [3.05, 3.63) is 54.1 Å². The molecule has 0 saturated heterocycles. The second kappa shape index (κ2) is 3.55. The zero-order chi connectivity index (χ0) is 14.1. The molecule has 3 heteroatoms. The Bertz CT molecular complexity index is 1030. The number of hydrogen-bond acceptors (Lipinski definition) is 0. The zero-order valence-electron chi connectivity index (χ0n) is 12.2. The molecule has 3 heterocycles. The van der Waals surface area contributed by atoms with Gasteiger partial charge in [0.05, 0.1) is 31.6 Å². The molecule has 21 heavy (non-hydrogen) atoms. The van der Waals surface area contributed by atoms with Gasteiger partial charge in [-0.3, -0.25) is 4.57 Å². The van der Waals surface area contributed by atoms with Crippen molar-refractivity contribution in [3.8, 4) is 11.4 Å². The summed E-state index contributed by atoms with van der Waals surface area (Å²) in [7, 11) is 4.33. The Labute approximate surface area is 122 Å². The van der Waals surface area contributed by atoms with Crippen molar-refractivity contribution >= 4 is 22.1 Å². The highest BCUT2D eigenvalue weighted by Gasteiger charge is 2.33. The molecular formula is C18H16N3+. The number of rotatable bonds is 0. The molecule has 102 valence electrons. The fourth-order valence-electron chi connectivity index (χ4n) is 3.92. The van der Waals surface area contributed by atoms with Crippen molar-refractivity contribution in [1.29, 1.82) is 0 Å². The molecule has 2 aromatic heterocycles. The highest BCUT2D eigenvalue weighted by Crippen LogP contribution is 2.36. The Morgan fingerprint density at radius 3 is 2.67 bits per heavy atom. The zero-order valence-corrected chi connectivity index (χ0v) is 12.2. The van der Waals surface area contributed by atoms with Crippen LogP contribution >= 0.6 is 0 Å². The molecule has 3 nitrogen and oxygen atoms in total. The Balaban J connectivity index is 2.03. The number of nitrogens with zero attached hydrogens (tertiary/aromatic N) is 3. The number of benzene rings is 2. The van der Waals surface area contributed by atoms with E-state index in [9.17, 15) is 0 Å². The van der Waals surface area contributed by atoms with E-state index >= 15 is 0 Å². The van der Waals surface area contributed by atoms with Crippen molar-refractivity contribution in [3.63, 3.8) is 0 Å². The summed E-state index contributed by atoms with van der Waals surface area (Å²) in [6.07, 6.45) is 0. The van der Waals surface area contributed by atoms with Gasteiger partial charge in [-0.1, -0.05) is 30.3 Å². The van der Waals surface area contributed by atoms with Crippen LogP contribution in [0.25, 0.3) is 33.5 Å². The van der Waals surface area contributed by atoms with Crippen molar-refractivity contribution in [2.45, 2.75) is 6.54 Å². The van der Waals surface area contributed by atoms with Crippen LogP contribution in [-0.2, 0) is 20.6 Å². The van der Waals surface area contributed by atoms with E-state index in [0.29, 0.717) is 0 Å². The minimum absolute atomic E-state index is 0.969. The van der Waals surface area contributed by atoms with Crippen LogP contribution in [0.15, 0.2) is 48.5 Å². The molecule has 0 atom stereocenters. The average Bonchev–Trinajstić information content (AvgIpc) is 3.11. The molecule has 0 aliphatic carbocycles. The third kappa shape index (κ3) is 1.18. The molecule has 1 aliphatic heterocycles. The van der Waals surface area contributed by atoms with Crippen molar-refractivity contribution < 1.29 is 4.57 Å². The van der Waals surface area contributed by atoms with Gasteiger partial charge < -0.3 is 0 Å². The fraction of sp³-hybridized carbons (Fsp3) is 0.167. The van der Waals surface area contributed by atoms with Crippen LogP contribution in [-0.4, -0.2) is 9.13 Å². The molecule has 0 saturated carbocycles. The maximum absolute atomic E-state index is 2.46. The smallest absolute Gasteiger partial charge is 0.259 e. The molecule has 0 unspecified atom stereocenters. The lowest BCUT2D eigenvalue weighted by Crippen LogP contribution is -2.31. The largest absolute Gasteiger partial charge is 0.269 e. The molecule has 1 aliphatic rings. The monoisotopic (exact) mass is 274 g/mol. The van der Waals surface area contributed by atoms with Crippen LogP contribution in [0.3, 0.4) is 0 Å². The lowest BCUT2D eigenvalue weighted by molar-refractivity contribution is -0.636. The predicted molar refractivity (Wildman–Crippen MR) is 84.1 cm³/mol. The standard InChI is InChI=1S/C18H16N3/c1-19-15-10-6-5-9-14(15)16-18(19)20(2)17-13-8-4-3-7-12(13)11-21(16)17/h3-10H,11H2,1-2H3/q+1. The van der Waals surface area contributed by atoms with E-state index in [-0.39, 0.29) is 0 Å². The highest BCUT2D eigenvalue weighted by atomic mass is 15.2. The van der Waals surface area contributed by atoms with Crippen molar-refractivity contribution in [2.24, 2.45) is 14.1 Å². The molecule has 0 radical (unpaired) electrons. The van der Waals surface area contributed by atoms with Gasteiger partial charge in [-0.15, -0.1) is 0 Å². The molecular weight excluding hydrogens is 258 g/mol. The first-order valence-electron chi connectivity index (χ1n) is 7.31. The molecule has 2 aromatic carbocycles. The summed E-state index contributed by atoms with van der Waals surface area (Å²) in [5, 5.41) is 1.34. The van der Waals surface area contributed by atoms with E-state index in [4.69, 9.17) is 0 Å². The van der Waals surface area contributed by atoms with Gasteiger partial charge in [-0.25, -0.2) is 9.13 Å². The SMILES string of the molecule is Cn1c2ccccc2c2c1[n+](C)c1n2Cc2ccccc2-1. The number of para-hydroxylation sites is 1. The Kier molecular flexibility index (Phi) is 1.89. The van der Waals surface area contributed by atoms with E-state index in [2.05, 4.69) is 76.3 Å². The van der Waals surface area contributed by atoms with E-state index in [1.807, 2.05) is 0 Å². The van der Waals surface area contributed by atoms with E-state index < -0.39 is 0 Å². The summed E-state index contributed by atoms with van der Waals surface area (Å²) in [5.74, 6) is 1.32. The third-order valence-electron chi connectivity index (χ3n) is 4.80. The van der Waals surface area contributed by atoms with E-state index in [1.54, 1.807) is 0 Å². The van der Waals surface area contributed by atoms with Gasteiger partial charge in [-0.05, 0) is 23.8 Å². The van der Waals surface area contributed by atoms with E-state index in [1.165, 1.54) is 39.0 Å². The first kappa shape index (κ1) is 11.1. The van der Waals surface area contributed by atoms with Gasteiger partial charge in [0, 0.05) is 0 Å². The lowest BCUT2D eigenvalue weighted by atomic mass is 10.1. The maximum atomic E-state index is 2.46. The average molecular weight is 274 g/mol. The normalized spacial score (nSPS) is 13.0. The molecule has 0 fully saturated rings. The summed E-state index contributed by atoms with van der Waals surface area (Å²) >= 11 is 0. The van der Waals surface area contributed by atoms with Crippen molar-refractivity contribution in [2.75, 3.05) is 0 Å². The molecule has 0 bridgehead atoms. The number of imidazole rings is 1. The lowest BCUT2D eigenvalue weighted by Gasteiger charge is -1.98. The second-order valence-corrected chi connectivity index (χ2v) is 5.87. The number of aromatic nitrogens is 3. The Morgan fingerprint density at radius 2 is 1.76 bits per heavy atom. The van der Waals surface area contributed by atoms with Crippen LogP contribution in [0.4, 0.5) is 0 Å². The Hall–Kier alpha value is -2.55. The molecule has 5 rings (SSSR count). The van der Waals surface area contributed by atoms with Crippen molar-refractivity contribution in [1.82, 2.24) is 9.13 Å². The summed E-state index contributed by atoms with van der Waals surface area (Å²) in [6, 6.07) is 17.4. The van der Waals surface area contributed by atoms with E-state index in [0.717, 1.165) is 6.54 Å². The number of fused-ring (bicyclic) bond motifs is 7. The van der Waals surface area contributed by atoms with Crippen LogP contribution in [0.1, 0.15) is 5.56 Å². The predicted octanol–water partition coefficient (Wildman–Crippen LogP) is 2.99. The summed E-state index contributed by atoms with van der Waals surface area (Å²) in [6.45, 7) is 0.969. The summed E-state index contributed by atoms with van der Waals surface area (Å²) in [5.41, 5.74) is 6.71. The maximum Gasteiger partial charge on any atom is 0.269 e. The molecule has 0 amide bonds. The van der Waals surface area contributed by atoms with Gasteiger partial charge in [0.25, 0.3) is 5.65 Å². The first-order chi connectivity index (χ1) is 10.3. The highest BCUT2D eigenvalue weighted by molar-refractivity contribution is 6.05. The minimum atomic E-state index is 0.969. The van der Waals surface area contributed by atoms with Gasteiger partial charge in [0.2, 0.25) is 5.82 Å². The molecule has 0 spiro atoms. The Morgan fingerprint density at radius 1 is 1.00 bits per heavy atom. The van der Waals surface area contributed by atoms with Gasteiger partial charge in [0.1, 0.15) is 5.52 Å². The van der Waals surface area contributed by atoms with Crippen LogP contribution in [0.2, 0.25) is 0 Å². The fourth-order valence-corrected chi connectivity index (χ4v) is 3.92. The second-order valence-electron chi connectivity index (χ2n) is 5.87.